The van der Waals surface area contributed by atoms with Crippen molar-refractivity contribution in [2.75, 3.05) is 59.3 Å². The molecule has 0 saturated carbocycles. The number of aliphatic hydroxyl groups is 20. The summed E-state index contributed by atoms with van der Waals surface area (Å²) >= 11 is 0. The first kappa shape index (κ1) is 64.6. The summed E-state index contributed by atoms with van der Waals surface area (Å²) in [5.41, 5.74) is 5.66. The average Bonchev–Trinajstić information content (AvgIpc) is 3.50. The molecule has 0 unspecified atom stereocenters. The highest BCUT2D eigenvalue weighted by molar-refractivity contribution is 5.02. The van der Waals surface area contributed by atoms with Gasteiger partial charge in [-0.15, -0.1) is 0 Å². The van der Waals surface area contributed by atoms with Gasteiger partial charge >= 0.3 is 0 Å². The SMILES string of the molecule is NCCNC[C@H]1O[C@@H]2O[C@H]3[C@H](O)[C@@H](O)[C@@H](O[C@@H]4[C@@H](O)[C@H](O)[C@H](O[C@@H]5[C@@H](O)[C@H](O)[C@H](O[C@@H]6[C@@H](O)[C@H](O)[C@H](O[C@@H]7[C@@H](O)[C@H](O)[C@H](O[C@H]8[C@H](O)[C@@H](O)[C@@H](O[C@H]1[C@H](O)[C@H]2O)O[C@@H]8CO)O[C@H]7CO)O[C@H]6CO)O[C@H]5CO)O[C@H]4CO)O[C@@H]3CO. The standard InChI is InChI=1S/C44H76N2O34/c45-1-2-46-3-10-31-17(53)24(60)38(67-10)75-32-11(4-47)69-40(26(62)19(32)55)77-34-13(6-49)71-42(28(64)21(34)57)79-36-15(8-51)73-44(30(66)23(36)59)80-37-16(9-52)72-43(29(65)22(37)58)78-35-14(7-50)70-41(27(63)20(35)56)76-33-12(5-48)68-39(74-31)25(61)18(33)54/h10-44,46-66H,1-9,45H2/t10-,11-,12-,13+,14+,15+,16+,17-,18-,19-,20+,21+,22+,23+,24-,25-,26-,27+,28+,29+,30+,31-,32-,33-,34+,35+,36+,37+,38-,39-,40-,41+,42+,43+,44+/m1/s1. The minimum Gasteiger partial charge on any atom is -0.394 e. The van der Waals surface area contributed by atoms with Crippen LogP contribution in [-0.2, 0) is 66.3 Å². The molecular weight excluding hydrogens is 1100 g/mol. The second kappa shape index (κ2) is 27.9. The summed E-state index contributed by atoms with van der Waals surface area (Å²) in [6, 6.07) is 0. The first-order valence-electron chi connectivity index (χ1n) is 25.9. The van der Waals surface area contributed by atoms with Crippen LogP contribution in [0.1, 0.15) is 0 Å². The second-order valence-electron chi connectivity index (χ2n) is 20.5. The molecule has 36 heteroatoms. The number of rotatable bonds is 10. The van der Waals surface area contributed by atoms with Crippen LogP contribution in [-0.4, -0.2) is 376 Å². The first-order valence-corrected chi connectivity index (χ1v) is 25.9. The summed E-state index contributed by atoms with van der Waals surface area (Å²) in [6.45, 7) is -6.27. The lowest BCUT2D eigenvalue weighted by atomic mass is 9.95. The van der Waals surface area contributed by atoms with E-state index in [0.717, 1.165) is 0 Å². The molecule has 23 N–H and O–H groups in total. The van der Waals surface area contributed by atoms with E-state index in [1.807, 2.05) is 0 Å². The van der Waals surface area contributed by atoms with Gasteiger partial charge in [0.1, 0.15) is 171 Å². The Morgan fingerprint density at radius 2 is 0.400 bits per heavy atom. The summed E-state index contributed by atoms with van der Waals surface area (Å²) < 4.78 is 80.7. The van der Waals surface area contributed by atoms with Crippen LogP contribution in [0.15, 0.2) is 0 Å². The van der Waals surface area contributed by atoms with E-state index in [-0.39, 0.29) is 19.6 Å². The van der Waals surface area contributed by atoms with E-state index in [1.54, 1.807) is 0 Å². The maximum atomic E-state index is 11.6. The predicted octanol–water partition coefficient (Wildman–Crippen LogP) is -15.7. The molecule has 0 spiro atoms. The van der Waals surface area contributed by atoms with Crippen LogP contribution in [0, 0.1) is 0 Å². The van der Waals surface area contributed by atoms with E-state index in [0.29, 0.717) is 0 Å². The van der Waals surface area contributed by atoms with Crippen LogP contribution >= 0.6 is 0 Å². The Morgan fingerprint density at radius 3 is 0.562 bits per heavy atom. The van der Waals surface area contributed by atoms with Gasteiger partial charge < -0.3 is 179 Å². The van der Waals surface area contributed by atoms with Crippen molar-refractivity contribution in [1.82, 2.24) is 5.32 Å². The van der Waals surface area contributed by atoms with Crippen LogP contribution in [0.25, 0.3) is 0 Å². The zero-order valence-corrected chi connectivity index (χ0v) is 42.3. The molecule has 466 valence electrons. The summed E-state index contributed by atoms with van der Waals surface area (Å²) in [4.78, 5) is 0. The third-order valence-electron chi connectivity index (χ3n) is 15.3. The van der Waals surface area contributed by atoms with Gasteiger partial charge in [0.15, 0.2) is 44.0 Å². The van der Waals surface area contributed by atoms with Crippen molar-refractivity contribution >= 4 is 0 Å². The molecule has 0 aromatic carbocycles. The lowest BCUT2D eigenvalue weighted by Crippen LogP contribution is -2.68. The minimum absolute atomic E-state index is 0.0733. The highest BCUT2D eigenvalue weighted by Gasteiger charge is 2.59. The Balaban J connectivity index is 1.09. The first-order chi connectivity index (χ1) is 38.2. The van der Waals surface area contributed by atoms with E-state index in [2.05, 4.69) is 5.32 Å². The molecule has 0 aromatic heterocycles. The van der Waals surface area contributed by atoms with Crippen molar-refractivity contribution < 1.29 is 168 Å². The lowest BCUT2D eigenvalue weighted by Gasteiger charge is -2.50. The van der Waals surface area contributed by atoms with E-state index >= 15 is 0 Å². The smallest absolute Gasteiger partial charge is 0.187 e. The summed E-state index contributed by atoms with van der Waals surface area (Å²) in [5.74, 6) is 0. The maximum Gasteiger partial charge on any atom is 0.187 e. The molecule has 21 aliphatic rings. The van der Waals surface area contributed by atoms with Crippen molar-refractivity contribution in [1.29, 1.82) is 0 Å². The number of nitrogens with two attached hydrogens (primary N) is 1. The predicted molar refractivity (Wildman–Crippen MR) is 243 cm³/mol. The Kier molecular flexibility index (Phi) is 22.5. The Labute approximate surface area is 453 Å². The zero-order chi connectivity index (χ0) is 58.2. The van der Waals surface area contributed by atoms with Gasteiger partial charge in [0.2, 0.25) is 0 Å². The van der Waals surface area contributed by atoms with Crippen LogP contribution in [0.3, 0.4) is 0 Å². The molecule has 80 heavy (non-hydrogen) atoms. The highest BCUT2D eigenvalue weighted by Crippen LogP contribution is 2.39. The van der Waals surface area contributed by atoms with Gasteiger partial charge in [-0.3, -0.25) is 0 Å². The quantitative estimate of drug-likeness (QED) is 0.0903. The zero-order valence-electron chi connectivity index (χ0n) is 42.3. The second-order valence-corrected chi connectivity index (χ2v) is 20.5. The highest BCUT2D eigenvalue weighted by atomic mass is 16.8. The van der Waals surface area contributed by atoms with Crippen LogP contribution in [0.5, 0.6) is 0 Å². The molecule has 0 aromatic rings. The molecule has 21 aliphatic heterocycles. The van der Waals surface area contributed by atoms with Crippen molar-refractivity contribution in [2.45, 2.75) is 215 Å². The molecule has 0 amide bonds. The number of ether oxygens (including phenoxy) is 14. The third-order valence-corrected chi connectivity index (χ3v) is 15.3. The molecular formula is C44H76N2O34. The molecule has 35 atom stereocenters. The van der Waals surface area contributed by atoms with E-state index < -0.39 is 255 Å². The van der Waals surface area contributed by atoms with Crippen LogP contribution in [0.2, 0.25) is 0 Å². The molecule has 21 heterocycles. The Morgan fingerprint density at radius 1 is 0.237 bits per heavy atom. The topological polar surface area (TPSA) is 572 Å². The summed E-state index contributed by atoms with van der Waals surface area (Å²) in [7, 11) is 0. The molecule has 21 saturated heterocycles. The fourth-order valence-electron chi connectivity index (χ4n) is 10.8. The molecule has 36 nitrogen and oxygen atoms in total. The van der Waals surface area contributed by atoms with Crippen LogP contribution < -0.4 is 11.1 Å². The van der Waals surface area contributed by atoms with Crippen molar-refractivity contribution in [3.05, 3.63) is 0 Å². The summed E-state index contributed by atoms with van der Waals surface area (Å²) in [6.07, 6.45) is -69.1. The maximum absolute atomic E-state index is 11.6. The minimum atomic E-state index is -2.20. The lowest BCUT2D eigenvalue weighted by molar-refractivity contribution is -0.396. The number of hydrogen-bond acceptors (Lipinski definition) is 36. The van der Waals surface area contributed by atoms with Gasteiger partial charge in [-0.05, 0) is 0 Å². The monoisotopic (exact) mass is 1180 g/mol. The Bertz CT molecular complexity index is 1880. The van der Waals surface area contributed by atoms with Gasteiger partial charge in [0.05, 0.1) is 39.6 Å². The van der Waals surface area contributed by atoms with Gasteiger partial charge in [0.25, 0.3) is 0 Å². The molecule has 0 aliphatic carbocycles. The van der Waals surface area contributed by atoms with E-state index in [1.165, 1.54) is 0 Å². The normalized spacial score (nSPS) is 53.7. The van der Waals surface area contributed by atoms with Crippen molar-refractivity contribution in [3.8, 4) is 0 Å². The fourth-order valence-corrected chi connectivity index (χ4v) is 10.8. The molecule has 21 rings (SSSR count). The van der Waals surface area contributed by atoms with Gasteiger partial charge in [-0.25, -0.2) is 0 Å². The number of hydrogen-bond donors (Lipinski definition) is 22. The third kappa shape index (κ3) is 13.0. The fraction of sp³-hybridized carbons (Fsp3) is 1.00. The average molecular weight is 1180 g/mol. The van der Waals surface area contributed by atoms with Crippen molar-refractivity contribution in [3.63, 3.8) is 0 Å². The number of nitrogens with one attached hydrogen (secondary N) is 1. The molecule has 14 bridgehead atoms. The summed E-state index contributed by atoms with van der Waals surface area (Å²) in [5, 5.41) is 225. The molecule has 21 fully saturated rings. The van der Waals surface area contributed by atoms with Gasteiger partial charge in [-0.2, -0.15) is 0 Å². The molecule has 0 radical (unpaired) electrons. The van der Waals surface area contributed by atoms with Gasteiger partial charge in [0, 0.05) is 19.6 Å². The van der Waals surface area contributed by atoms with Crippen LogP contribution in [0.4, 0.5) is 0 Å². The Hall–Kier alpha value is -1.44. The number of aliphatic hydroxyl groups excluding tert-OH is 20. The van der Waals surface area contributed by atoms with Gasteiger partial charge in [-0.1, -0.05) is 0 Å². The largest absolute Gasteiger partial charge is 0.394 e. The van der Waals surface area contributed by atoms with Crippen molar-refractivity contribution in [2.24, 2.45) is 5.73 Å². The van der Waals surface area contributed by atoms with E-state index in [9.17, 15) is 102 Å². The van der Waals surface area contributed by atoms with E-state index in [4.69, 9.17) is 72.0 Å².